The summed E-state index contributed by atoms with van der Waals surface area (Å²) in [6, 6.07) is 10.9. The van der Waals surface area contributed by atoms with Crippen LogP contribution in [-0.2, 0) is 16.0 Å². The Labute approximate surface area is 156 Å². The Kier molecular flexibility index (Phi) is 5.68. The fourth-order valence-electron chi connectivity index (χ4n) is 3.18. The van der Waals surface area contributed by atoms with Crippen molar-refractivity contribution in [1.82, 2.24) is 15.1 Å². The molecule has 3 rings (SSSR count). The van der Waals surface area contributed by atoms with Crippen LogP contribution in [0.3, 0.4) is 0 Å². The van der Waals surface area contributed by atoms with Gasteiger partial charge in [-0.25, -0.2) is 0 Å². The molecular formula is C19H21N3O3S. The Morgan fingerprint density at radius 3 is 2.81 bits per heavy atom. The molecule has 0 bridgehead atoms. The first-order chi connectivity index (χ1) is 12.6. The molecule has 0 unspecified atom stereocenters. The maximum absolute atomic E-state index is 12.9. The Morgan fingerprint density at radius 1 is 1.27 bits per heavy atom. The Balaban J connectivity index is 1.87. The molecule has 1 saturated heterocycles. The summed E-state index contributed by atoms with van der Waals surface area (Å²) in [7, 11) is 1.58. The molecule has 1 aliphatic heterocycles. The first-order valence-electron chi connectivity index (χ1n) is 8.45. The number of amides is 3. The summed E-state index contributed by atoms with van der Waals surface area (Å²) in [4.78, 5) is 40.6. The minimum Gasteiger partial charge on any atom is -0.355 e. The Morgan fingerprint density at radius 2 is 2.12 bits per heavy atom. The lowest BCUT2D eigenvalue weighted by Gasteiger charge is -2.40. The van der Waals surface area contributed by atoms with Crippen molar-refractivity contribution in [2.45, 2.75) is 12.5 Å². The second kappa shape index (κ2) is 8.14. The molecule has 6 nitrogen and oxygen atoms in total. The molecule has 26 heavy (non-hydrogen) atoms. The zero-order chi connectivity index (χ0) is 18.5. The molecule has 0 saturated carbocycles. The average Bonchev–Trinajstić information content (AvgIpc) is 3.19. The van der Waals surface area contributed by atoms with E-state index in [0.29, 0.717) is 31.6 Å². The fourth-order valence-corrected chi connectivity index (χ4v) is 3.87. The Hall–Kier alpha value is -2.67. The number of thiophene rings is 1. The number of hydrogen-bond acceptors (Lipinski definition) is 4. The number of piperazine rings is 1. The largest absolute Gasteiger partial charge is 0.355 e. The van der Waals surface area contributed by atoms with Gasteiger partial charge in [0.25, 0.3) is 5.91 Å². The van der Waals surface area contributed by atoms with Gasteiger partial charge in [0, 0.05) is 37.1 Å². The fraction of sp³-hybridized carbons (Fsp3) is 0.316. The molecule has 3 amide bonds. The molecule has 7 heteroatoms. The first-order valence-corrected chi connectivity index (χ1v) is 9.33. The van der Waals surface area contributed by atoms with Gasteiger partial charge in [-0.3, -0.25) is 14.4 Å². The monoisotopic (exact) mass is 371 g/mol. The molecular weight excluding hydrogens is 350 g/mol. The highest BCUT2D eigenvalue weighted by Gasteiger charge is 2.31. The van der Waals surface area contributed by atoms with Crippen LogP contribution in [0.25, 0.3) is 0 Å². The predicted octanol–water partition coefficient (Wildman–Crippen LogP) is 1.69. The molecule has 1 aromatic carbocycles. The van der Waals surface area contributed by atoms with E-state index >= 15 is 0 Å². The van der Waals surface area contributed by atoms with Crippen molar-refractivity contribution >= 4 is 29.6 Å². The Bertz CT molecular complexity index is 791. The van der Waals surface area contributed by atoms with Gasteiger partial charge in [0.1, 0.15) is 0 Å². The normalized spacial score (nSPS) is 17.0. The standard InChI is InChI=1S/C19H21N3O3S/c1-20-19(25)15-5-2-4-14(10-15)17-12-21(13-23)7-8-22(17)18(24)11-16-6-3-9-26-16/h2-6,9-10,13,17H,7-8,11-12H2,1H3,(H,20,25)/t17-/m1/s1. The number of nitrogens with zero attached hydrogens (tertiary/aromatic N) is 2. The lowest BCUT2D eigenvalue weighted by atomic mass is 9.99. The number of carbonyl (C=O) groups is 3. The first kappa shape index (κ1) is 18.1. The van der Waals surface area contributed by atoms with E-state index in [1.54, 1.807) is 35.4 Å². The van der Waals surface area contributed by atoms with Gasteiger partial charge in [-0.2, -0.15) is 0 Å². The summed E-state index contributed by atoms with van der Waals surface area (Å²) in [5, 5.41) is 4.57. The molecule has 0 spiro atoms. The molecule has 2 heterocycles. The summed E-state index contributed by atoms with van der Waals surface area (Å²) < 4.78 is 0. The van der Waals surface area contributed by atoms with Crippen LogP contribution in [0.15, 0.2) is 41.8 Å². The topological polar surface area (TPSA) is 69.7 Å². The van der Waals surface area contributed by atoms with Crippen molar-refractivity contribution in [3.63, 3.8) is 0 Å². The van der Waals surface area contributed by atoms with E-state index in [4.69, 9.17) is 0 Å². The summed E-state index contributed by atoms with van der Waals surface area (Å²) in [5.74, 6) is -0.139. The van der Waals surface area contributed by atoms with Crippen LogP contribution in [0.2, 0.25) is 0 Å². The van der Waals surface area contributed by atoms with Crippen LogP contribution in [-0.4, -0.2) is 54.7 Å². The average molecular weight is 371 g/mol. The van der Waals surface area contributed by atoms with E-state index in [2.05, 4.69) is 5.32 Å². The smallest absolute Gasteiger partial charge is 0.251 e. The van der Waals surface area contributed by atoms with Gasteiger partial charge in [0.05, 0.1) is 12.5 Å². The van der Waals surface area contributed by atoms with Crippen LogP contribution < -0.4 is 5.32 Å². The molecule has 1 atom stereocenters. The number of hydrogen-bond donors (Lipinski definition) is 1. The summed E-state index contributed by atoms with van der Waals surface area (Å²) in [6.45, 7) is 1.43. The predicted molar refractivity (Wildman–Crippen MR) is 99.9 cm³/mol. The van der Waals surface area contributed by atoms with Gasteiger partial charge < -0.3 is 15.1 Å². The lowest BCUT2D eigenvalue weighted by Crippen LogP contribution is -2.50. The van der Waals surface area contributed by atoms with E-state index in [1.807, 2.05) is 34.5 Å². The maximum Gasteiger partial charge on any atom is 0.251 e. The van der Waals surface area contributed by atoms with Crippen LogP contribution in [0.4, 0.5) is 0 Å². The van der Waals surface area contributed by atoms with E-state index in [0.717, 1.165) is 16.9 Å². The van der Waals surface area contributed by atoms with Gasteiger partial charge in [-0.1, -0.05) is 18.2 Å². The quantitative estimate of drug-likeness (QED) is 0.813. The number of carbonyl (C=O) groups excluding carboxylic acids is 3. The van der Waals surface area contributed by atoms with Crippen LogP contribution in [0.1, 0.15) is 26.8 Å². The van der Waals surface area contributed by atoms with E-state index in [1.165, 1.54) is 0 Å². The van der Waals surface area contributed by atoms with Crippen molar-refractivity contribution in [2.75, 3.05) is 26.7 Å². The van der Waals surface area contributed by atoms with Crippen LogP contribution in [0.5, 0.6) is 0 Å². The van der Waals surface area contributed by atoms with E-state index in [-0.39, 0.29) is 17.9 Å². The SMILES string of the molecule is CNC(=O)c1cccc([C@H]2CN(C=O)CCN2C(=O)Cc2cccs2)c1. The van der Waals surface area contributed by atoms with Gasteiger partial charge in [-0.15, -0.1) is 11.3 Å². The van der Waals surface area contributed by atoms with Crippen molar-refractivity contribution in [1.29, 1.82) is 0 Å². The number of rotatable bonds is 5. The van der Waals surface area contributed by atoms with Gasteiger partial charge in [0.2, 0.25) is 12.3 Å². The molecule has 2 aromatic rings. The van der Waals surface area contributed by atoms with E-state index < -0.39 is 0 Å². The van der Waals surface area contributed by atoms with Crippen LogP contribution >= 0.6 is 11.3 Å². The highest BCUT2D eigenvalue weighted by molar-refractivity contribution is 7.10. The molecule has 1 N–H and O–H groups in total. The summed E-state index contributed by atoms with van der Waals surface area (Å²) >= 11 is 1.56. The third kappa shape index (κ3) is 3.94. The number of benzene rings is 1. The molecule has 1 fully saturated rings. The third-order valence-electron chi connectivity index (χ3n) is 4.55. The molecule has 0 aliphatic carbocycles. The molecule has 1 aromatic heterocycles. The zero-order valence-electron chi connectivity index (χ0n) is 14.6. The highest BCUT2D eigenvalue weighted by Crippen LogP contribution is 2.27. The van der Waals surface area contributed by atoms with Crippen molar-refractivity contribution in [2.24, 2.45) is 0 Å². The van der Waals surface area contributed by atoms with Gasteiger partial charge >= 0.3 is 0 Å². The van der Waals surface area contributed by atoms with Gasteiger partial charge in [-0.05, 0) is 29.1 Å². The minimum absolute atomic E-state index is 0.0355. The molecule has 136 valence electrons. The third-order valence-corrected chi connectivity index (χ3v) is 5.42. The van der Waals surface area contributed by atoms with Crippen molar-refractivity contribution in [3.8, 4) is 0 Å². The zero-order valence-corrected chi connectivity index (χ0v) is 15.4. The second-order valence-corrected chi connectivity index (χ2v) is 7.20. The van der Waals surface area contributed by atoms with Gasteiger partial charge in [0.15, 0.2) is 0 Å². The summed E-state index contributed by atoms with van der Waals surface area (Å²) in [5.41, 5.74) is 1.40. The highest BCUT2D eigenvalue weighted by atomic mass is 32.1. The lowest BCUT2D eigenvalue weighted by molar-refractivity contribution is -0.138. The molecule has 0 radical (unpaired) electrons. The van der Waals surface area contributed by atoms with E-state index in [9.17, 15) is 14.4 Å². The second-order valence-electron chi connectivity index (χ2n) is 6.16. The molecule has 1 aliphatic rings. The van der Waals surface area contributed by atoms with Crippen LogP contribution in [0, 0.1) is 0 Å². The summed E-state index contributed by atoms with van der Waals surface area (Å²) in [6.07, 6.45) is 1.17. The van der Waals surface area contributed by atoms with Crippen molar-refractivity contribution in [3.05, 3.63) is 57.8 Å². The number of nitrogens with one attached hydrogen (secondary N) is 1. The van der Waals surface area contributed by atoms with Crippen molar-refractivity contribution < 1.29 is 14.4 Å². The maximum atomic E-state index is 12.9. The minimum atomic E-state index is -0.258.